The van der Waals surface area contributed by atoms with Gasteiger partial charge in [-0.3, -0.25) is 0 Å². The molecule has 0 saturated heterocycles. The van der Waals surface area contributed by atoms with Gasteiger partial charge in [-0.25, -0.2) is 13.8 Å². The van der Waals surface area contributed by atoms with E-state index >= 15 is 0 Å². The molecule has 0 N–H and O–H groups in total. The Kier molecular flexibility index (Phi) is 3.35. The van der Waals surface area contributed by atoms with Gasteiger partial charge in [0.1, 0.15) is 5.01 Å². The molecule has 2 rings (SSSR count). The molecule has 1 aromatic carbocycles. The van der Waals surface area contributed by atoms with Crippen molar-refractivity contribution in [1.82, 2.24) is 4.98 Å². The first-order valence-electron chi connectivity index (χ1n) is 4.71. The predicted octanol–water partition coefficient (Wildman–Crippen LogP) is 4.41. The van der Waals surface area contributed by atoms with Crippen LogP contribution in [0, 0.1) is 11.6 Å². The van der Waals surface area contributed by atoms with Crippen molar-refractivity contribution in [2.24, 2.45) is 0 Å². The highest BCUT2D eigenvalue weighted by atomic mass is 79.9. The Morgan fingerprint density at radius 3 is 2.75 bits per heavy atom. The lowest BCUT2D eigenvalue weighted by Gasteiger charge is -2.02. The van der Waals surface area contributed by atoms with E-state index in [1.807, 2.05) is 12.3 Å². The molecule has 16 heavy (non-hydrogen) atoms. The van der Waals surface area contributed by atoms with Crippen LogP contribution >= 0.6 is 27.3 Å². The van der Waals surface area contributed by atoms with Crippen LogP contribution in [0.3, 0.4) is 0 Å². The third-order valence-corrected chi connectivity index (χ3v) is 3.88. The molecule has 0 aliphatic carbocycles. The Balaban J connectivity index is 2.52. The van der Waals surface area contributed by atoms with Crippen molar-refractivity contribution < 1.29 is 8.78 Å². The number of benzene rings is 1. The van der Waals surface area contributed by atoms with Gasteiger partial charge < -0.3 is 0 Å². The molecular weight excluding hydrogens is 296 g/mol. The first kappa shape index (κ1) is 11.7. The van der Waals surface area contributed by atoms with Crippen molar-refractivity contribution in [3.05, 3.63) is 39.3 Å². The number of aromatic nitrogens is 1. The summed E-state index contributed by atoms with van der Waals surface area (Å²) in [6.45, 7) is 2.00. The van der Waals surface area contributed by atoms with Gasteiger partial charge >= 0.3 is 0 Å². The predicted molar refractivity (Wildman–Crippen MR) is 64.5 cm³/mol. The van der Waals surface area contributed by atoms with Gasteiger partial charge in [0, 0.05) is 10.9 Å². The fourth-order valence-electron chi connectivity index (χ4n) is 1.28. The molecule has 5 heteroatoms. The minimum Gasteiger partial charge on any atom is -0.241 e. The number of rotatable bonds is 2. The molecule has 0 unspecified atom stereocenters. The normalized spacial score (nSPS) is 10.8. The maximum absolute atomic E-state index is 13.3. The average molecular weight is 304 g/mol. The Labute approximate surface area is 104 Å². The molecular formula is C11H8BrF2NS. The molecule has 0 bridgehead atoms. The lowest BCUT2D eigenvalue weighted by Crippen LogP contribution is -1.89. The van der Waals surface area contributed by atoms with Crippen LogP contribution in [0.4, 0.5) is 8.78 Å². The first-order valence-corrected chi connectivity index (χ1v) is 6.39. The van der Waals surface area contributed by atoms with Crippen LogP contribution in [-0.2, 0) is 6.42 Å². The van der Waals surface area contributed by atoms with E-state index in [9.17, 15) is 8.78 Å². The molecule has 0 fully saturated rings. The van der Waals surface area contributed by atoms with E-state index < -0.39 is 11.6 Å². The molecule has 84 valence electrons. The van der Waals surface area contributed by atoms with Crippen molar-refractivity contribution >= 4 is 27.3 Å². The monoisotopic (exact) mass is 303 g/mol. The molecule has 0 radical (unpaired) electrons. The van der Waals surface area contributed by atoms with Crippen LogP contribution in [0.5, 0.6) is 0 Å². The van der Waals surface area contributed by atoms with E-state index in [1.165, 1.54) is 17.4 Å². The lowest BCUT2D eigenvalue weighted by atomic mass is 10.2. The van der Waals surface area contributed by atoms with Gasteiger partial charge in [-0.05, 0) is 34.5 Å². The highest BCUT2D eigenvalue weighted by Gasteiger charge is 2.14. The molecule has 0 aliphatic rings. The first-order chi connectivity index (χ1) is 7.63. The maximum Gasteiger partial charge on any atom is 0.173 e. The zero-order valence-corrected chi connectivity index (χ0v) is 10.8. The Morgan fingerprint density at radius 1 is 1.38 bits per heavy atom. The number of thiazole rings is 1. The third-order valence-electron chi connectivity index (χ3n) is 2.18. The molecule has 0 spiro atoms. The van der Waals surface area contributed by atoms with Crippen LogP contribution in [0.2, 0.25) is 0 Å². The molecule has 1 nitrogen and oxygen atoms in total. The smallest absolute Gasteiger partial charge is 0.173 e. The zero-order chi connectivity index (χ0) is 11.7. The van der Waals surface area contributed by atoms with Crippen molar-refractivity contribution in [2.45, 2.75) is 13.3 Å². The largest absolute Gasteiger partial charge is 0.241 e. The van der Waals surface area contributed by atoms with Gasteiger partial charge in [-0.15, -0.1) is 11.3 Å². The summed E-state index contributed by atoms with van der Waals surface area (Å²) in [7, 11) is 0. The van der Waals surface area contributed by atoms with Crippen molar-refractivity contribution in [1.29, 1.82) is 0 Å². The SMILES string of the molecule is CCc1csc(-c2ccc(F)c(F)c2Br)n1. The van der Waals surface area contributed by atoms with Gasteiger partial charge in [-0.2, -0.15) is 0 Å². The Bertz CT molecular complexity index is 525. The third kappa shape index (κ3) is 2.01. The molecule has 0 aliphatic heterocycles. The number of aryl methyl sites for hydroxylation is 1. The molecule has 1 heterocycles. The number of halogens is 3. The van der Waals surface area contributed by atoms with Gasteiger partial charge in [0.2, 0.25) is 0 Å². The Hall–Kier alpha value is -0.810. The summed E-state index contributed by atoms with van der Waals surface area (Å²) in [6, 6.07) is 2.64. The van der Waals surface area contributed by atoms with E-state index in [4.69, 9.17) is 0 Å². The van der Waals surface area contributed by atoms with Gasteiger partial charge in [0.15, 0.2) is 11.6 Å². The van der Waals surface area contributed by atoms with E-state index in [0.717, 1.165) is 18.2 Å². The number of hydrogen-bond acceptors (Lipinski definition) is 2. The summed E-state index contributed by atoms with van der Waals surface area (Å²) in [5, 5.41) is 2.62. The molecule has 0 atom stereocenters. The van der Waals surface area contributed by atoms with Crippen molar-refractivity contribution in [3.8, 4) is 10.6 Å². The average Bonchev–Trinajstić information content (AvgIpc) is 2.74. The van der Waals surface area contributed by atoms with Crippen molar-refractivity contribution in [3.63, 3.8) is 0 Å². The van der Waals surface area contributed by atoms with Crippen LogP contribution < -0.4 is 0 Å². The van der Waals surface area contributed by atoms with Crippen LogP contribution in [0.25, 0.3) is 10.6 Å². The topological polar surface area (TPSA) is 12.9 Å². The molecule has 0 amide bonds. The summed E-state index contributed by atoms with van der Waals surface area (Å²) >= 11 is 4.48. The Morgan fingerprint density at radius 2 is 2.12 bits per heavy atom. The second-order valence-corrected chi connectivity index (χ2v) is 4.87. The number of nitrogens with zero attached hydrogens (tertiary/aromatic N) is 1. The lowest BCUT2D eigenvalue weighted by molar-refractivity contribution is 0.505. The van der Waals surface area contributed by atoms with Gasteiger partial charge in [-0.1, -0.05) is 6.92 Å². The quantitative estimate of drug-likeness (QED) is 0.749. The van der Waals surface area contributed by atoms with Crippen LogP contribution in [0.15, 0.2) is 22.0 Å². The molecule has 0 saturated carbocycles. The highest BCUT2D eigenvalue weighted by molar-refractivity contribution is 9.10. The van der Waals surface area contributed by atoms with Crippen LogP contribution in [0.1, 0.15) is 12.6 Å². The summed E-state index contributed by atoms with van der Waals surface area (Å²) in [5.41, 5.74) is 1.54. The molecule has 2 aromatic rings. The standard InChI is InChI=1S/C11H8BrF2NS/c1-2-6-5-16-11(15-6)7-3-4-8(13)10(14)9(7)12/h3-5H,2H2,1H3. The minimum atomic E-state index is -0.870. The summed E-state index contributed by atoms with van der Waals surface area (Å²) in [5.74, 6) is -1.73. The van der Waals surface area contributed by atoms with Gasteiger partial charge in [0.05, 0.1) is 10.2 Å². The minimum absolute atomic E-state index is 0.129. The van der Waals surface area contributed by atoms with E-state index in [-0.39, 0.29) is 4.47 Å². The summed E-state index contributed by atoms with van der Waals surface area (Å²) in [4.78, 5) is 4.33. The highest BCUT2D eigenvalue weighted by Crippen LogP contribution is 2.33. The fourth-order valence-corrected chi connectivity index (χ4v) is 2.86. The van der Waals surface area contributed by atoms with Crippen LogP contribution in [-0.4, -0.2) is 4.98 Å². The molecule has 1 aromatic heterocycles. The number of hydrogen-bond donors (Lipinski definition) is 0. The van der Waals surface area contributed by atoms with E-state index in [0.29, 0.717) is 10.6 Å². The van der Waals surface area contributed by atoms with Crippen molar-refractivity contribution in [2.75, 3.05) is 0 Å². The second kappa shape index (κ2) is 4.59. The maximum atomic E-state index is 13.3. The zero-order valence-electron chi connectivity index (χ0n) is 8.43. The second-order valence-electron chi connectivity index (χ2n) is 3.22. The van der Waals surface area contributed by atoms with Gasteiger partial charge in [0.25, 0.3) is 0 Å². The summed E-state index contributed by atoms with van der Waals surface area (Å²) < 4.78 is 26.4. The fraction of sp³-hybridized carbons (Fsp3) is 0.182. The van der Waals surface area contributed by atoms with E-state index in [2.05, 4.69) is 20.9 Å². The van der Waals surface area contributed by atoms with E-state index in [1.54, 1.807) is 0 Å². The summed E-state index contributed by atoms with van der Waals surface area (Å²) in [6.07, 6.45) is 0.831.